The lowest BCUT2D eigenvalue weighted by Crippen LogP contribution is -2.18. The molecule has 0 aliphatic heterocycles. The van der Waals surface area contributed by atoms with E-state index in [2.05, 4.69) is 4.74 Å². The fourth-order valence-corrected chi connectivity index (χ4v) is 3.10. The minimum absolute atomic E-state index is 0.0122. The summed E-state index contributed by atoms with van der Waals surface area (Å²) in [5.41, 5.74) is 0. The van der Waals surface area contributed by atoms with Gasteiger partial charge in [0.05, 0.1) is 16.5 Å². The molecule has 0 aliphatic rings. The van der Waals surface area contributed by atoms with Gasteiger partial charge in [-0.25, -0.2) is 8.42 Å². The Balaban J connectivity index is 3.01. The van der Waals surface area contributed by atoms with Gasteiger partial charge in [0.2, 0.25) is 0 Å². The van der Waals surface area contributed by atoms with Crippen molar-refractivity contribution in [3.05, 3.63) is 28.2 Å². The summed E-state index contributed by atoms with van der Waals surface area (Å²) >= 11 is 11.4. The highest BCUT2D eigenvalue weighted by Gasteiger charge is 2.22. The molecule has 0 aromatic heterocycles. The standard InChI is InChI=1S/C10H10Cl2O4S/c1-2-16-10(13)6-17(14,15)9-4-3-7(11)5-8(9)12/h3-5H,2,6H2,1H3. The second-order valence-electron chi connectivity index (χ2n) is 3.14. The van der Waals surface area contributed by atoms with Crippen LogP contribution in [0.15, 0.2) is 23.1 Å². The summed E-state index contributed by atoms with van der Waals surface area (Å²) in [6.45, 7) is 1.72. The van der Waals surface area contributed by atoms with Crippen LogP contribution in [0.2, 0.25) is 10.0 Å². The number of ether oxygens (including phenoxy) is 1. The molecule has 0 heterocycles. The summed E-state index contributed by atoms with van der Waals surface area (Å²) in [6, 6.07) is 3.96. The Bertz CT molecular complexity index is 525. The van der Waals surface area contributed by atoms with E-state index >= 15 is 0 Å². The van der Waals surface area contributed by atoms with E-state index in [1.165, 1.54) is 18.2 Å². The highest BCUT2D eigenvalue weighted by molar-refractivity contribution is 7.92. The molecule has 0 saturated carbocycles. The smallest absolute Gasteiger partial charge is 0.321 e. The van der Waals surface area contributed by atoms with Crippen molar-refractivity contribution in [1.29, 1.82) is 0 Å². The van der Waals surface area contributed by atoms with Crippen LogP contribution in [0, 0.1) is 0 Å². The van der Waals surface area contributed by atoms with E-state index in [-0.39, 0.29) is 16.5 Å². The van der Waals surface area contributed by atoms with Gasteiger partial charge in [-0.2, -0.15) is 0 Å². The maximum absolute atomic E-state index is 11.8. The van der Waals surface area contributed by atoms with Gasteiger partial charge in [0.1, 0.15) is 0 Å². The third-order valence-corrected chi connectivity index (χ3v) is 4.14. The maximum atomic E-state index is 11.8. The minimum Gasteiger partial charge on any atom is -0.465 e. The molecule has 0 bridgehead atoms. The van der Waals surface area contributed by atoms with Crippen molar-refractivity contribution < 1.29 is 17.9 Å². The largest absolute Gasteiger partial charge is 0.465 e. The number of hydrogen-bond acceptors (Lipinski definition) is 4. The number of halogens is 2. The van der Waals surface area contributed by atoms with Gasteiger partial charge < -0.3 is 4.74 Å². The topological polar surface area (TPSA) is 60.4 Å². The van der Waals surface area contributed by atoms with Gasteiger partial charge in [-0.15, -0.1) is 0 Å². The summed E-state index contributed by atoms with van der Waals surface area (Å²) < 4.78 is 28.2. The molecule has 0 spiro atoms. The van der Waals surface area contributed by atoms with Crippen molar-refractivity contribution in [3.63, 3.8) is 0 Å². The lowest BCUT2D eigenvalue weighted by molar-refractivity contribution is -0.139. The van der Waals surface area contributed by atoms with E-state index in [4.69, 9.17) is 23.2 Å². The molecule has 0 N–H and O–H groups in total. The summed E-state index contributed by atoms with van der Waals surface area (Å²) in [7, 11) is -3.79. The van der Waals surface area contributed by atoms with E-state index in [0.717, 1.165) is 0 Å². The molecule has 0 radical (unpaired) electrons. The molecular weight excluding hydrogens is 287 g/mol. The number of sulfone groups is 1. The number of benzene rings is 1. The first-order valence-electron chi connectivity index (χ1n) is 4.70. The van der Waals surface area contributed by atoms with Crippen LogP contribution in [0.4, 0.5) is 0 Å². The van der Waals surface area contributed by atoms with Crippen molar-refractivity contribution in [1.82, 2.24) is 0 Å². The summed E-state index contributed by atoms with van der Waals surface area (Å²) in [5.74, 6) is -1.54. The molecule has 0 atom stereocenters. The fourth-order valence-electron chi connectivity index (χ4n) is 1.16. The van der Waals surface area contributed by atoms with Gasteiger partial charge in [0.25, 0.3) is 0 Å². The number of carbonyl (C=O) groups is 1. The van der Waals surface area contributed by atoms with Crippen LogP contribution in [-0.2, 0) is 19.4 Å². The summed E-state index contributed by atoms with van der Waals surface area (Å²) in [5, 5.41) is 0.312. The van der Waals surface area contributed by atoms with E-state index < -0.39 is 21.6 Å². The molecule has 0 unspecified atom stereocenters. The van der Waals surface area contributed by atoms with Gasteiger partial charge in [0.15, 0.2) is 15.6 Å². The van der Waals surface area contributed by atoms with Crippen LogP contribution < -0.4 is 0 Å². The molecular formula is C10H10Cl2O4S. The summed E-state index contributed by atoms with van der Waals surface area (Å²) in [4.78, 5) is 11.0. The average Bonchev–Trinajstić information content (AvgIpc) is 2.15. The van der Waals surface area contributed by atoms with Crippen molar-refractivity contribution in [2.24, 2.45) is 0 Å². The molecule has 17 heavy (non-hydrogen) atoms. The second-order valence-corrected chi connectivity index (χ2v) is 5.94. The van der Waals surface area contributed by atoms with E-state index in [9.17, 15) is 13.2 Å². The second kappa shape index (κ2) is 5.71. The Morgan fingerprint density at radius 1 is 1.35 bits per heavy atom. The van der Waals surface area contributed by atoms with Crippen LogP contribution >= 0.6 is 23.2 Å². The molecule has 7 heteroatoms. The minimum atomic E-state index is -3.79. The first kappa shape index (κ1) is 14.3. The predicted octanol–water partition coefficient (Wildman–Crippen LogP) is 2.33. The van der Waals surface area contributed by atoms with Gasteiger partial charge >= 0.3 is 5.97 Å². The quantitative estimate of drug-likeness (QED) is 0.800. The van der Waals surface area contributed by atoms with Crippen LogP contribution in [-0.4, -0.2) is 26.7 Å². The third kappa shape index (κ3) is 3.87. The number of carbonyl (C=O) groups excluding carboxylic acids is 1. The van der Waals surface area contributed by atoms with Crippen LogP contribution in [0.3, 0.4) is 0 Å². The molecule has 0 saturated heterocycles. The zero-order valence-electron chi connectivity index (χ0n) is 8.94. The Labute approximate surface area is 109 Å². The Hall–Kier alpha value is -0.780. The van der Waals surface area contributed by atoms with Gasteiger partial charge in [-0.3, -0.25) is 4.79 Å². The van der Waals surface area contributed by atoms with Crippen molar-refractivity contribution in [3.8, 4) is 0 Å². The normalized spacial score (nSPS) is 11.2. The SMILES string of the molecule is CCOC(=O)CS(=O)(=O)c1ccc(Cl)cc1Cl. The van der Waals surface area contributed by atoms with Gasteiger partial charge in [-0.1, -0.05) is 23.2 Å². The van der Waals surface area contributed by atoms with Crippen LogP contribution in [0.25, 0.3) is 0 Å². The van der Waals surface area contributed by atoms with E-state index in [0.29, 0.717) is 5.02 Å². The third-order valence-electron chi connectivity index (χ3n) is 1.84. The molecule has 0 amide bonds. The van der Waals surface area contributed by atoms with Gasteiger partial charge in [-0.05, 0) is 25.1 Å². The number of esters is 1. The Morgan fingerprint density at radius 2 is 2.00 bits per heavy atom. The first-order valence-corrected chi connectivity index (χ1v) is 7.11. The predicted molar refractivity (Wildman–Crippen MR) is 65.1 cm³/mol. The Kier molecular flexibility index (Phi) is 4.80. The van der Waals surface area contributed by atoms with Crippen molar-refractivity contribution in [2.45, 2.75) is 11.8 Å². The van der Waals surface area contributed by atoms with Crippen molar-refractivity contribution in [2.75, 3.05) is 12.4 Å². The molecule has 0 aliphatic carbocycles. The van der Waals surface area contributed by atoms with Crippen LogP contribution in [0.1, 0.15) is 6.92 Å². The highest BCUT2D eigenvalue weighted by Crippen LogP contribution is 2.25. The fraction of sp³-hybridized carbons (Fsp3) is 0.300. The van der Waals surface area contributed by atoms with Gasteiger partial charge in [0, 0.05) is 5.02 Å². The lowest BCUT2D eigenvalue weighted by atomic mass is 10.4. The number of hydrogen-bond donors (Lipinski definition) is 0. The molecule has 0 fully saturated rings. The first-order chi connectivity index (χ1) is 7.86. The Morgan fingerprint density at radius 3 is 2.53 bits per heavy atom. The van der Waals surface area contributed by atoms with E-state index in [1.54, 1.807) is 6.92 Å². The monoisotopic (exact) mass is 296 g/mol. The van der Waals surface area contributed by atoms with Crippen molar-refractivity contribution >= 4 is 39.0 Å². The maximum Gasteiger partial charge on any atom is 0.321 e. The average molecular weight is 297 g/mol. The summed E-state index contributed by atoms with van der Waals surface area (Å²) in [6.07, 6.45) is 0. The zero-order valence-corrected chi connectivity index (χ0v) is 11.3. The zero-order chi connectivity index (χ0) is 13.1. The molecule has 1 rings (SSSR count). The molecule has 1 aromatic rings. The van der Waals surface area contributed by atoms with Crippen LogP contribution in [0.5, 0.6) is 0 Å². The lowest BCUT2D eigenvalue weighted by Gasteiger charge is -2.06. The molecule has 1 aromatic carbocycles. The molecule has 94 valence electrons. The highest BCUT2D eigenvalue weighted by atomic mass is 35.5. The van der Waals surface area contributed by atoms with E-state index in [1.807, 2.05) is 0 Å². The number of rotatable bonds is 4. The molecule has 4 nitrogen and oxygen atoms in total.